The third-order valence-corrected chi connectivity index (χ3v) is 9.90. The van der Waals surface area contributed by atoms with Crippen molar-refractivity contribution in [2.24, 2.45) is 11.8 Å². The molecule has 234 valence electrons. The van der Waals surface area contributed by atoms with Gasteiger partial charge in [-0.3, -0.25) is 14.4 Å². The number of ether oxygens (including phenoxy) is 2. The Balaban J connectivity index is 1.65. The van der Waals surface area contributed by atoms with E-state index in [1.807, 2.05) is 37.3 Å². The fraction of sp³-hybridized carbons (Fsp3) is 0.441. The van der Waals surface area contributed by atoms with E-state index in [-0.39, 0.29) is 29.1 Å². The average molecular weight is 667 g/mol. The first-order valence-corrected chi connectivity index (χ1v) is 15.9. The van der Waals surface area contributed by atoms with Crippen LogP contribution in [-0.4, -0.2) is 88.6 Å². The Hall–Kier alpha value is -3.47. The highest BCUT2D eigenvalue weighted by atomic mass is 79.9. The molecular weight excluding hydrogens is 626 g/mol. The molecule has 7 atom stereocenters. The molecule has 3 aliphatic heterocycles. The van der Waals surface area contributed by atoms with Gasteiger partial charge in [-0.2, -0.15) is 0 Å². The van der Waals surface area contributed by atoms with Crippen LogP contribution < -0.4 is 9.64 Å². The van der Waals surface area contributed by atoms with Crippen molar-refractivity contribution in [3.63, 3.8) is 0 Å². The number of likely N-dealkylation sites (tertiary alicyclic amines) is 1. The van der Waals surface area contributed by atoms with E-state index in [9.17, 15) is 19.5 Å². The van der Waals surface area contributed by atoms with E-state index in [2.05, 4.69) is 29.1 Å². The quantitative estimate of drug-likeness (QED) is 0.255. The Bertz CT molecular complexity index is 1390. The van der Waals surface area contributed by atoms with Gasteiger partial charge in [-0.1, -0.05) is 65.3 Å². The molecule has 0 saturated carbocycles. The minimum absolute atomic E-state index is 0.173. The Labute approximate surface area is 267 Å². The van der Waals surface area contributed by atoms with Crippen molar-refractivity contribution in [2.75, 3.05) is 38.3 Å². The van der Waals surface area contributed by atoms with Crippen LogP contribution in [-0.2, 0) is 19.1 Å². The van der Waals surface area contributed by atoms with Crippen LogP contribution in [0.4, 0.5) is 5.69 Å². The second-order valence-electron chi connectivity index (χ2n) is 11.5. The number of hydrogen-bond acceptors (Lipinski definition) is 6. The Morgan fingerprint density at radius 2 is 1.82 bits per heavy atom. The number of aliphatic hydroxyl groups is 1. The van der Waals surface area contributed by atoms with E-state index >= 15 is 0 Å². The van der Waals surface area contributed by atoms with E-state index in [1.54, 1.807) is 53.3 Å². The Kier molecular flexibility index (Phi) is 9.62. The van der Waals surface area contributed by atoms with E-state index in [1.165, 1.54) is 4.90 Å². The standard InChI is InChI=1S/C34H40BrN3O6/c1-5-17-36(18-6-2)31(40)27-28-32(41)38(26(21-39)22-11-9-8-10-12-22)30(34(28)20-25(35)29(27)44-34)33(42)37(19-7-3)23-13-15-24(43-4)16-14-23/h5,7-16,25-30,39H,1,3,6,17-21H2,2,4H3/t25?,26-,27-,28+,29-,30?,34?/m1/s1. The maximum Gasteiger partial charge on any atom is 0.253 e. The van der Waals surface area contributed by atoms with Gasteiger partial charge in [-0.15, -0.1) is 13.2 Å². The molecule has 3 aliphatic rings. The molecule has 44 heavy (non-hydrogen) atoms. The third kappa shape index (κ3) is 5.26. The first-order valence-electron chi connectivity index (χ1n) is 15.0. The molecular formula is C34H40BrN3O6. The first-order chi connectivity index (χ1) is 21.3. The number of methoxy groups -OCH3 is 1. The normalized spacial score (nSPS) is 27.5. The van der Waals surface area contributed by atoms with E-state index in [4.69, 9.17) is 9.47 Å². The Morgan fingerprint density at radius 1 is 1.14 bits per heavy atom. The summed E-state index contributed by atoms with van der Waals surface area (Å²) in [7, 11) is 1.57. The second kappa shape index (κ2) is 13.3. The van der Waals surface area contributed by atoms with Crippen LogP contribution in [0.3, 0.4) is 0 Å². The van der Waals surface area contributed by atoms with Gasteiger partial charge in [0.05, 0.1) is 37.7 Å². The number of benzene rings is 2. The predicted molar refractivity (Wildman–Crippen MR) is 171 cm³/mol. The van der Waals surface area contributed by atoms with E-state index < -0.39 is 42.2 Å². The van der Waals surface area contributed by atoms with Crippen LogP contribution in [0.15, 0.2) is 79.9 Å². The molecule has 3 unspecified atom stereocenters. The largest absolute Gasteiger partial charge is 0.497 e. The van der Waals surface area contributed by atoms with Gasteiger partial charge >= 0.3 is 0 Å². The number of amides is 3. The summed E-state index contributed by atoms with van der Waals surface area (Å²) in [6, 6.07) is 14.3. The maximum atomic E-state index is 14.9. The highest BCUT2D eigenvalue weighted by Crippen LogP contribution is 2.61. The summed E-state index contributed by atoms with van der Waals surface area (Å²) in [5.74, 6) is -1.98. The molecule has 1 spiro atoms. The van der Waals surface area contributed by atoms with Gasteiger partial charge in [0.25, 0.3) is 5.91 Å². The topological polar surface area (TPSA) is 99.6 Å². The smallest absolute Gasteiger partial charge is 0.253 e. The Morgan fingerprint density at radius 3 is 2.41 bits per heavy atom. The number of fused-ring (bicyclic) bond motifs is 1. The lowest BCUT2D eigenvalue weighted by Gasteiger charge is -2.39. The number of aliphatic hydroxyl groups excluding tert-OH is 1. The van der Waals surface area contributed by atoms with Crippen molar-refractivity contribution in [1.29, 1.82) is 0 Å². The molecule has 3 fully saturated rings. The molecule has 3 heterocycles. The molecule has 2 aromatic carbocycles. The predicted octanol–water partition coefficient (Wildman–Crippen LogP) is 4.12. The third-order valence-electron chi connectivity index (χ3n) is 9.06. The maximum absolute atomic E-state index is 14.9. The van der Waals surface area contributed by atoms with Gasteiger partial charge in [-0.25, -0.2) is 0 Å². The molecule has 5 rings (SSSR count). The van der Waals surface area contributed by atoms with Crippen LogP contribution in [0, 0.1) is 11.8 Å². The molecule has 0 radical (unpaired) electrons. The minimum Gasteiger partial charge on any atom is -0.497 e. The van der Waals surface area contributed by atoms with Crippen molar-refractivity contribution >= 4 is 39.3 Å². The molecule has 10 heteroatoms. The molecule has 0 aromatic heterocycles. The first kappa shape index (κ1) is 31.9. The van der Waals surface area contributed by atoms with Crippen LogP contribution in [0.25, 0.3) is 0 Å². The molecule has 3 amide bonds. The number of nitrogens with zero attached hydrogens (tertiary/aromatic N) is 3. The van der Waals surface area contributed by atoms with Crippen molar-refractivity contribution in [3.05, 3.63) is 85.5 Å². The zero-order valence-corrected chi connectivity index (χ0v) is 26.8. The highest BCUT2D eigenvalue weighted by molar-refractivity contribution is 9.09. The highest BCUT2D eigenvalue weighted by Gasteiger charge is 2.77. The fourth-order valence-corrected chi connectivity index (χ4v) is 8.23. The summed E-state index contributed by atoms with van der Waals surface area (Å²) in [6.07, 6.45) is 3.82. The second-order valence-corrected chi connectivity index (χ2v) is 12.7. The number of halogens is 1. The molecule has 0 aliphatic carbocycles. The van der Waals surface area contributed by atoms with Gasteiger partial charge in [0, 0.05) is 30.1 Å². The monoisotopic (exact) mass is 665 g/mol. The number of hydrogen-bond donors (Lipinski definition) is 1. The lowest BCUT2D eigenvalue weighted by atomic mass is 9.70. The zero-order valence-electron chi connectivity index (χ0n) is 25.2. The minimum atomic E-state index is -1.28. The van der Waals surface area contributed by atoms with Crippen molar-refractivity contribution in [2.45, 2.75) is 48.4 Å². The fourth-order valence-electron chi connectivity index (χ4n) is 7.28. The zero-order chi connectivity index (χ0) is 31.6. The van der Waals surface area contributed by atoms with Crippen molar-refractivity contribution < 1.29 is 29.0 Å². The SMILES string of the molecule is C=CCN(CCC)C(=O)[C@H]1[C@@H]2OC3(CC2Br)C(C(=O)N(CC=C)c2ccc(OC)cc2)N([C@H](CO)c2ccccc2)C(=O)[C@H]13. The van der Waals surface area contributed by atoms with Crippen molar-refractivity contribution in [1.82, 2.24) is 9.80 Å². The van der Waals surface area contributed by atoms with Crippen LogP contribution in [0.2, 0.25) is 0 Å². The average Bonchev–Trinajstić information content (AvgIpc) is 3.63. The summed E-state index contributed by atoms with van der Waals surface area (Å²) < 4.78 is 12.1. The van der Waals surface area contributed by atoms with E-state index in [0.29, 0.717) is 36.5 Å². The summed E-state index contributed by atoms with van der Waals surface area (Å²) in [5.41, 5.74) is -0.00351. The van der Waals surface area contributed by atoms with Gasteiger partial charge in [0.1, 0.15) is 17.4 Å². The van der Waals surface area contributed by atoms with Gasteiger partial charge in [0.15, 0.2) is 0 Å². The number of carbonyl (C=O) groups is 3. The lowest BCUT2D eigenvalue weighted by molar-refractivity contribution is -0.147. The number of carbonyl (C=O) groups excluding carboxylic acids is 3. The number of rotatable bonds is 13. The summed E-state index contributed by atoms with van der Waals surface area (Å²) in [4.78, 5) is 48.4. The summed E-state index contributed by atoms with van der Waals surface area (Å²) in [6.45, 7) is 10.3. The van der Waals surface area contributed by atoms with Crippen molar-refractivity contribution in [3.8, 4) is 5.75 Å². The molecule has 3 saturated heterocycles. The van der Waals surface area contributed by atoms with Crippen LogP contribution >= 0.6 is 15.9 Å². The van der Waals surface area contributed by atoms with Gasteiger partial charge in [0.2, 0.25) is 11.8 Å². The van der Waals surface area contributed by atoms with Crippen LogP contribution in [0.1, 0.15) is 31.4 Å². The molecule has 2 bridgehead atoms. The number of anilines is 1. The van der Waals surface area contributed by atoms with Gasteiger partial charge in [-0.05, 0) is 42.7 Å². The van der Waals surface area contributed by atoms with Crippen LogP contribution in [0.5, 0.6) is 5.75 Å². The van der Waals surface area contributed by atoms with Gasteiger partial charge < -0.3 is 29.3 Å². The molecule has 2 aromatic rings. The molecule has 1 N–H and O–H groups in total. The number of alkyl halides is 1. The molecule has 9 nitrogen and oxygen atoms in total. The van der Waals surface area contributed by atoms with E-state index in [0.717, 1.165) is 6.42 Å². The summed E-state index contributed by atoms with van der Waals surface area (Å²) >= 11 is 3.76. The lowest BCUT2D eigenvalue weighted by Crippen LogP contribution is -2.58. The summed E-state index contributed by atoms with van der Waals surface area (Å²) in [5, 5.41) is 10.8.